The molecule has 1 saturated heterocycles. The van der Waals surface area contributed by atoms with Gasteiger partial charge in [-0.15, -0.1) is 0 Å². The van der Waals surface area contributed by atoms with Crippen LogP contribution in [0.25, 0.3) is 0 Å². The first-order chi connectivity index (χ1) is 12.0. The minimum Gasteiger partial charge on any atom is -0.337 e. The molecule has 6 heteroatoms. The molecule has 1 amide bonds. The van der Waals surface area contributed by atoms with Crippen molar-refractivity contribution in [2.75, 3.05) is 19.0 Å². The summed E-state index contributed by atoms with van der Waals surface area (Å²) in [6.07, 6.45) is 0. The highest BCUT2D eigenvalue weighted by atomic mass is 32.2. The Morgan fingerprint density at radius 1 is 0.960 bits per heavy atom. The van der Waals surface area contributed by atoms with Gasteiger partial charge in [-0.05, 0) is 48.5 Å². The van der Waals surface area contributed by atoms with Gasteiger partial charge in [0.25, 0.3) is 5.91 Å². The molecule has 0 N–H and O–H groups in total. The molecule has 2 aromatic rings. The van der Waals surface area contributed by atoms with Crippen molar-refractivity contribution in [2.45, 2.75) is 11.8 Å². The number of benzene rings is 2. The summed E-state index contributed by atoms with van der Waals surface area (Å²) in [6.45, 7) is 2.04. The number of likely N-dealkylation sites (N-methyl/N-ethyl adjacent to an activating group) is 1. The maximum atomic E-state index is 12.8. The van der Waals surface area contributed by atoms with Crippen LogP contribution in [0.1, 0.15) is 5.56 Å². The average molecular weight is 367 g/mol. The van der Waals surface area contributed by atoms with Crippen LogP contribution in [0.3, 0.4) is 0 Å². The molecular formula is C19H17N3OS2. The number of amides is 1. The lowest BCUT2D eigenvalue weighted by molar-refractivity contribution is -0.121. The van der Waals surface area contributed by atoms with Crippen LogP contribution in [-0.2, 0) is 4.79 Å². The van der Waals surface area contributed by atoms with E-state index in [4.69, 9.17) is 0 Å². The minimum atomic E-state index is -0.00133. The van der Waals surface area contributed by atoms with Gasteiger partial charge in [-0.2, -0.15) is 0 Å². The predicted octanol–water partition coefficient (Wildman–Crippen LogP) is 4.60. The van der Waals surface area contributed by atoms with Crippen molar-refractivity contribution in [3.8, 4) is 0 Å². The van der Waals surface area contributed by atoms with Gasteiger partial charge in [-0.25, -0.2) is 4.99 Å². The molecule has 126 valence electrons. The van der Waals surface area contributed by atoms with E-state index in [1.54, 1.807) is 23.7 Å². The van der Waals surface area contributed by atoms with Gasteiger partial charge in [-0.1, -0.05) is 36.0 Å². The highest BCUT2D eigenvalue weighted by Crippen LogP contribution is 2.49. The Hall–Kier alpha value is -2.18. The number of hydrogen-bond acceptors (Lipinski definition) is 5. The molecule has 25 heavy (non-hydrogen) atoms. The zero-order valence-corrected chi connectivity index (χ0v) is 15.8. The van der Waals surface area contributed by atoms with Crippen LogP contribution in [0, 0.1) is 6.92 Å². The van der Waals surface area contributed by atoms with E-state index in [0.717, 1.165) is 26.9 Å². The lowest BCUT2D eigenvalue weighted by atomic mass is 10.2. The van der Waals surface area contributed by atoms with Crippen molar-refractivity contribution in [1.29, 1.82) is 0 Å². The van der Waals surface area contributed by atoms with Gasteiger partial charge in [0, 0.05) is 19.0 Å². The molecule has 0 unspecified atom stereocenters. The summed E-state index contributed by atoms with van der Waals surface area (Å²) in [5, 5.41) is 1.68. The number of nitrogens with zero attached hydrogens (tertiary/aromatic N) is 3. The summed E-state index contributed by atoms with van der Waals surface area (Å²) in [6, 6.07) is 16.2. The van der Waals surface area contributed by atoms with Crippen LogP contribution in [0.15, 0.2) is 68.4 Å². The van der Waals surface area contributed by atoms with Crippen LogP contribution in [0.2, 0.25) is 0 Å². The van der Waals surface area contributed by atoms with Crippen LogP contribution < -0.4 is 4.90 Å². The van der Waals surface area contributed by atoms with E-state index in [1.807, 2.05) is 50.4 Å². The first-order valence-electron chi connectivity index (χ1n) is 7.91. The molecule has 1 fully saturated rings. The third-order valence-electron chi connectivity index (χ3n) is 4.14. The maximum absolute atomic E-state index is 12.8. The van der Waals surface area contributed by atoms with E-state index in [0.29, 0.717) is 5.17 Å². The van der Waals surface area contributed by atoms with Gasteiger partial charge in [0.05, 0.1) is 16.4 Å². The number of aliphatic imine (C=N–C) groups is 1. The molecule has 4 rings (SSSR count). The van der Waals surface area contributed by atoms with E-state index >= 15 is 0 Å². The Bertz CT molecular complexity index is 936. The summed E-state index contributed by atoms with van der Waals surface area (Å²) >= 11 is 3.08. The summed E-state index contributed by atoms with van der Waals surface area (Å²) < 4.78 is 0. The average Bonchev–Trinajstić information content (AvgIpc) is 3.07. The molecule has 0 aromatic heterocycles. The second-order valence-electron chi connectivity index (χ2n) is 5.96. The third kappa shape index (κ3) is 2.85. The van der Waals surface area contributed by atoms with E-state index in [-0.39, 0.29) is 5.91 Å². The summed E-state index contributed by atoms with van der Waals surface area (Å²) in [4.78, 5) is 23.1. The normalized spacial score (nSPS) is 21.4. The SMILES string of the molecule is Cc1cccc(N=C2SC(=C3Sc4ccccc4N3C)C(=O)N2C)c1. The number of anilines is 1. The monoisotopic (exact) mass is 367 g/mol. The molecular weight excluding hydrogens is 350 g/mol. The zero-order valence-electron chi connectivity index (χ0n) is 14.2. The van der Waals surface area contributed by atoms with Crippen molar-refractivity contribution in [3.63, 3.8) is 0 Å². The van der Waals surface area contributed by atoms with E-state index in [2.05, 4.69) is 22.0 Å². The zero-order chi connectivity index (χ0) is 17.6. The lowest BCUT2D eigenvalue weighted by Gasteiger charge is -2.14. The number of carbonyl (C=O) groups is 1. The second kappa shape index (κ2) is 6.28. The number of fused-ring (bicyclic) bond motifs is 1. The van der Waals surface area contributed by atoms with Crippen molar-refractivity contribution >= 4 is 46.0 Å². The molecule has 2 aromatic carbocycles. The number of aryl methyl sites for hydroxylation is 1. The Kier molecular flexibility index (Phi) is 4.09. The molecule has 0 saturated carbocycles. The fourth-order valence-corrected chi connectivity index (χ4v) is 5.12. The molecule has 4 nitrogen and oxygen atoms in total. The van der Waals surface area contributed by atoms with Crippen molar-refractivity contribution < 1.29 is 4.79 Å². The molecule has 2 heterocycles. The topological polar surface area (TPSA) is 35.9 Å². The summed E-state index contributed by atoms with van der Waals surface area (Å²) in [5.74, 6) is -0.00133. The number of thioether (sulfide) groups is 2. The fraction of sp³-hybridized carbons (Fsp3) is 0.158. The molecule has 0 spiro atoms. The van der Waals surface area contributed by atoms with Crippen LogP contribution in [-0.4, -0.2) is 30.1 Å². The van der Waals surface area contributed by atoms with E-state index < -0.39 is 0 Å². The van der Waals surface area contributed by atoms with E-state index in [9.17, 15) is 4.79 Å². The quantitative estimate of drug-likeness (QED) is 0.690. The van der Waals surface area contributed by atoms with E-state index in [1.165, 1.54) is 16.7 Å². The van der Waals surface area contributed by atoms with Crippen molar-refractivity contribution in [3.05, 3.63) is 64.0 Å². The molecule has 2 aliphatic rings. The Balaban J connectivity index is 1.71. The van der Waals surface area contributed by atoms with Crippen LogP contribution in [0.4, 0.5) is 11.4 Å². The summed E-state index contributed by atoms with van der Waals surface area (Å²) in [7, 11) is 3.79. The Morgan fingerprint density at radius 2 is 1.76 bits per heavy atom. The number of para-hydroxylation sites is 1. The van der Waals surface area contributed by atoms with Gasteiger partial charge in [0.15, 0.2) is 5.17 Å². The van der Waals surface area contributed by atoms with Crippen molar-refractivity contribution in [1.82, 2.24) is 4.90 Å². The minimum absolute atomic E-state index is 0.00133. The molecule has 0 bridgehead atoms. The molecule has 0 radical (unpaired) electrons. The molecule has 0 atom stereocenters. The van der Waals surface area contributed by atoms with Crippen LogP contribution >= 0.6 is 23.5 Å². The molecule has 0 aliphatic carbocycles. The van der Waals surface area contributed by atoms with Crippen molar-refractivity contribution in [2.24, 2.45) is 4.99 Å². The van der Waals surface area contributed by atoms with Gasteiger partial charge in [-0.3, -0.25) is 9.69 Å². The first kappa shape index (κ1) is 16.3. The number of carbonyl (C=O) groups excluding carboxylic acids is 1. The highest BCUT2D eigenvalue weighted by Gasteiger charge is 2.37. The van der Waals surface area contributed by atoms with Crippen LogP contribution in [0.5, 0.6) is 0 Å². The number of amidine groups is 1. The second-order valence-corrected chi connectivity index (χ2v) is 7.97. The fourth-order valence-electron chi connectivity index (χ4n) is 2.78. The first-order valence-corrected chi connectivity index (χ1v) is 9.54. The van der Waals surface area contributed by atoms with Gasteiger partial charge >= 0.3 is 0 Å². The third-order valence-corrected chi connectivity index (χ3v) is 6.62. The Morgan fingerprint density at radius 3 is 2.52 bits per heavy atom. The smallest absolute Gasteiger partial charge is 0.269 e. The number of rotatable bonds is 1. The highest BCUT2D eigenvalue weighted by molar-refractivity contribution is 8.19. The standard InChI is InChI=1S/C19H17N3OS2/c1-12-7-6-8-13(11-12)20-19-22(3)17(23)16(25-19)18-21(2)14-9-4-5-10-15(14)24-18/h4-11H,1-3H3. The Labute approximate surface area is 155 Å². The maximum Gasteiger partial charge on any atom is 0.269 e. The molecule has 2 aliphatic heterocycles. The predicted molar refractivity (Wildman–Crippen MR) is 106 cm³/mol. The largest absolute Gasteiger partial charge is 0.337 e. The summed E-state index contributed by atoms with van der Waals surface area (Å²) in [5.41, 5.74) is 3.15. The number of hydrogen-bond donors (Lipinski definition) is 0. The lowest BCUT2D eigenvalue weighted by Crippen LogP contribution is -2.24. The van der Waals surface area contributed by atoms with Gasteiger partial charge < -0.3 is 4.90 Å². The van der Waals surface area contributed by atoms with Gasteiger partial charge in [0.2, 0.25) is 0 Å². The van der Waals surface area contributed by atoms with Gasteiger partial charge in [0.1, 0.15) is 4.91 Å².